The lowest BCUT2D eigenvalue weighted by molar-refractivity contribution is 0.0963. The molecule has 1 heterocycles. The molecule has 2 rings (SSSR count). The largest absolute Gasteiger partial charge is 0.355 e. The number of amides is 1. The lowest BCUT2D eigenvalue weighted by Gasteiger charge is -1.98. The minimum absolute atomic E-state index is 0.0321. The number of carbonyl (C=O) groups is 1. The molecule has 0 unspecified atom stereocenters. The number of nitrogens with one attached hydrogen (secondary N) is 1. The van der Waals surface area contributed by atoms with Gasteiger partial charge in [-0.1, -0.05) is 6.07 Å². The fraction of sp³-hybridized carbons (Fsp3) is 0.100. The smallest absolute Gasteiger partial charge is 0.251 e. The van der Waals surface area contributed by atoms with E-state index in [1.54, 1.807) is 18.4 Å². The highest BCUT2D eigenvalue weighted by atomic mass is 32.1. The minimum Gasteiger partial charge on any atom is -0.355 e. The van der Waals surface area contributed by atoms with Gasteiger partial charge >= 0.3 is 0 Å². The predicted octanol–water partition coefficient (Wildman–Crippen LogP) is 2.26. The molecule has 0 bridgehead atoms. The van der Waals surface area contributed by atoms with Gasteiger partial charge in [-0.15, -0.1) is 11.3 Å². The molecule has 0 aliphatic rings. The fourth-order valence-electron chi connectivity index (χ4n) is 1.24. The molecule has 13 heavy (non-hydrogen) atoms. The van der Waals surface area contributed by atoms with Gasteiger partial charge in [-0.05, 0) is 29.0 Å². The van der Waals surface area contributed by atoms with Gasteiger partial charge in [0.2, 0.25) is 0 Å². The molecule has 1 amide bonds. The van der Waals surface area contributed by atoms with E-state index in [0.29, 0.717) is 0 Å². The zero-order chi connectivity index (χ0) is 9.26. The first kappa shape index (κ1) is 8.26. The van der Waals surface area contributed by atoms with E-state index in [4.69, 9.17) is 0 Å². The summed E-state index contributed by atoms with van der Waals surface area (Å²) in [6.07, 6.45) is 0. The van der Waals surface area contributed by atoms with Gasteiger partial charge in [-0.25, -0.2) is 0 Å². The number of hydrogen-bond donors (Lipinski definition) is 1. The molecule has 0 fully saturated rings. The van der Waals surface area contributed by atoms with E-state index in [-0.39, 0.29) is 5.91 Å². The van der Waals surface area contributed by atoms with Gasteiger partial charge in [0, 0.05) is 17.3 Å². The van der Waals surface area contributed by atoms with Gasteiger partial charge in [-0.2, -0.15) is 0 Å². The number of thiophene rings is 1. The summed E-state index contributed by atoms with van der Waals surface area (Å²) in [7, 11) is 1.64. The lowest BCUT2D eigenvalue weighted by Crippen LogP contribution is -2.17. The zero-order valence-corrected chi connectivity index (χ0v) is 8.02. The molecule has 1 aromatic heterocycles. The predicted molar refractivity (Wildman–Crippen MR) is 55.2 cm³/mol. The summed E-state index contributed by atoms with van der Waals surface area (Å²) < 4.78 is 1.15. The SMILES string of the molecule is CNC(=O)c1ccc2ccsc2c1. The Morgan fingerprint density at radius 1 is 1.38 bits per heavy atom. The topological polar surface area (TPSA) is 29.1 Å². The molecule has 0 spiro atoms. The molecule has 1 N–H and O–H groups in total. The fourth-order valence-corrected chi connectivity index (χ4v) is 2.07. The second-order valence-corrected chi connectivity index (χ2v) is 3.70. The molecule has 0 aliphatic heterocycles. The standard InChI is InChI=1S/C10H9NOS/c1-11-10(12)8-3-2-7-4-5-13-9(7)6-8/h2-6H,1H3,(H,11,12). The van der Waals surface area contributed by atoms with Crippen molar-refractivity contribution >= 4 is 27.3 Å². The Morgan fingerprint density at radius 3 is 3.00 bits per heavy atom. The Balaban J connectivity index is 2.54. The first-order chi connectivity index (χ1) is 6.31. The van der Waals surface area contributed by atoms with Gasteiger partial charge in [0.1, 0.15) is 0 Å². The molecule has 0 saturated heterocycles. The molecule has 0 saturated carbocycles. The molecule has 1 aromatic carbocycles. The molecule has 2 nitrogen and oxygen atoms in total. The Kier molecular flexibility index (Phi) is 2.02. The summed E-state index contributed by atoms with van der Waals surface area (Å²) >= 11 is 1.65. The number of rotatable bonds is 1. The molecular formula is C10H9NOS. The van der Waals surface area contributed by atoms with Crippen LogP contribution in [0.2, 0.25) is 0 Å². The molecule has 0 atom stereocenters. The summed E-state index contributed by atoms with van der Waals surface area (Å²) in [5.41, 5.74) is 0.720. The van der Waals surface area contributed by atoms with Crippen molar-refractivity contribution in [3.05, 3.63) is 35.2 Å². The highest BCUT2D eigenvalue weighted by molar-refractivity contribution is 7.17. The maximum absolute atomic E-state index is 11.3. The van der Waals surface area contributed by atoms with E-state index in [1.165, 1.54) is 5.39 Å². The van der Waals surface area contributed by atoms with Gasteiger partial charge in [-0.3, -0.25) is 4.79 Å². The summed E-state index contributed by atoms with van der Waals surface area (Å²) in [6.45, 7) is 0. The van der Waals surface area contributed by atoms with Crippen molar-refractivity contribution in [2.75, 3.05) is 7.05 Å². The Labute approximate surface area is 80.2 Å². The molecular weight excluding hydrogens is 182 g/mol. The monoisotopic (exact) mass is 191 g/mol. The Hall–Kier alpha value is -1.35. The second-order valence-electron chi connectivity index (χ2n) is 2.75. The first-order valence-electron chi connectivity index (χ1n) is 4.00. The maximum atomic E-state index is 11.3. The molecule has 66 valence electrons. The van der Waals surface area contributed by atoms with Crippen LogP contribution in [0, 0.1) is 0 Å². The van der Waals surface area contributed by atoms with Crippen LogP contribution in [0.1, 0.15) is 10.4 Å². The van der Waals surface area contributed by atoms with Crippen LogP contribution in [0.15, 0.2) is 29.6 Å². The maximum Gasteiger partial charge on any atom is 0.251 e. The Bertz CT molecular complexity index is 447. The average molecular weight is 191 g/mol. The van der Waals surface area contributed by atoms with Crippen molar-refractivity contribution in [1.82, 2.24) is 5.32 Å². The third kappa shape index (κ3) is 1.42. The summed E-state index contributed by atoms with van der Waals surface area (Å²) in [5.74, 6) is -0.0321. The van der Waals surface area contributed by atoms with Crippen LogP contribution in [0.4, 0.5) is 0 Å². The normalized spacial score (nSPS) is 10.2. The quantitative estimate of drug-likeness (QED) is 0.736. The number of fused-ring (bicyclic) bond motifs is 1. The summed E-state index contributed by atoms with van der Waals surface area (Å²) in [6, 6.07) is 7.77. The summed E-state index contributed by atoms with van der Waals surface area (Å²) in [5, 5.41) is 5.82. The van der Waals surface area contributed by atoms with Crippen LogP contribution in [0.25, 0.3) is 10.1 Å². The van der Waals surface area contributed by atoms with Crippen LogP contribution >= 0.6 is 11.3 Å². The number of benzene rings is 1. The minimum atomic E-state index is -0.0321. The molecule has 0 aliphatic carbocycles. The first-order valence-corrected chi connectivity index (χ1v) is 4.88. The van der Waals surface area contributed by atoms with Crippen molar-refractivity contribution in [2.24, 2.45) is 0 Å². The third-order valence-corrected chi connectivity index (χ3v) is 2.83. The second kappa shape index (κ2) is 3.18. The van der Waals surface area contributed by atoms with Crippen LogP contribution in [-0.2, 0) is 0 Å². The zero-order valence-electron chi connectivity index (χ0n) is 7.20. The van der Waals surface area contributed by atoms with E-state index in [2.05, 4.69) is 5.32 Å². The van der Waals surface area contributed by atoms with Gasteiger partial charge in [0.15, 0.2) is 0 Å². The van der Waals surface area contributed by atoms with Gasteiger partial charge < -0.3 is 5.32 Å². The van der Waals surface area contributed by atoms with Crippen LogP contribution in [0.3, 0.4) is 0 Å². The highest BCUT2D eigenvalue weighted by Gasteiger charge is 2.03. The van der Waals surface area contributed by atoms with Gasteiger partial charge in [0.25, 0.3) is 5.91 Å². The lowest BCUT2D eigenvalue weighted by atomic mass is 10.2. The third-order valence-electron chi connectivity index (χ3n) is 1.95. The van der Waals surface area contributed by atoms with E-state index in [1.807, 2.05) is 29.6 Å². The molecule has 2 aromatic rings. The number of carbonyl (C=O) groups excluding carboxylic acids is 1. The van der Waals surface area contributed by atoms with E-state index < -0.39 is 0 Å². The van der Waals surface area contributed by atoms with E-state index >= 15 is 0 Å². The van der Waals surface area contributed by atoms with Crippen molar-refractivity contribution in [1.29, 1.82) is 0 Å². The molecule has 3 heteroatoms. The van der Waals surface area contributed by atoms with E-state index in [0.717, 1.165) is 10.3 Å². The van der Waals surface area contributed by atoms with Crippen molar-refractivity contribution in [3.63, 3.8) is 0 Å². The van der Waals surface area contributed by atoms with Crippen molar-refractivity contribution in [3.8, 4) is 0 Å². The van der Waals surface area contributed by atoms with E-state index in [9.17, 15) is 4.79 Å². The summed E-state index contributed by atoms with van der Waals surface area (Å²) in [4.78, 5) is 11.3. The van der Waals surface area contributed by atoms with Crippen molar-refractivity contribution < 1.29 is 4.79 Å². The van der Waals surface area contributed by atoms with Gasteiger partial charge in [0.05, 0.1) is 0 Å². The highest BCUT2D eigenvalue weighted by Crippen LogP contribution is 2.21. The molecule has 0 radical (unpaired) electrons. The van der Waals surface area contributed by atoms with Crippen LogP contribution < -0.4 is 5.32 Å². The van der Waals surface area contributed by atoms with Crippen LogP contribution in [-0.4, -0.2) is 13.0 Å². The van der Waals surface area contributed by atoms with Crippen molar-refractivity contribution in [2.45, 2.75) is 0 Å². The van der Waals surface area contributed by atoms with Crippen LogP contribution in [0.5, 0.6) is 0 Å². The average Bonchev–Trinajstić information content (AvgIpc) is 2.63. The Morgan fingerprint density at radius 2 is 2.23 bits per heavy atom. The number of hydrogen-bond acceptors (Lipinski definition) is 2.